The molecule has 1 nitrogen and oxygen atoms in total. The summed E-state index contributed by atoms with van der Waals surface area (Å²) in [5.41, 5.74) is 1.55. The number of allylic oxidation sites excluding steroid dienone is 1. The minimum atomic E-state index is -0.814. The predicted octanol–water partition coefficient (Wildman–Crippen LogP) is 4.64. The first-order chi connectivity index (χ1) is 10.2. The van der Waals surface area contributed by atoms with E-state index in [1.54, 1.807) is 0 Å². The minimum absolute atomic E-state index is 0.152. The van der Waals surface area contributed by atoms with E-state index in [2.05, 4.69) is 42.5 Å². The Labute approximate surface area is 127 Å². The molecule has 3 rings (SSSR count). The van der Waals surface area contributed by atoms with Crippen LogP contribution in [0.3, 0.4) is 0 Å². The smallest absolute Gasteiger partial charge is 0.0931 e. The van der Waals surface area contributed by atoms with Crippen molar-refractivity contribution in [1.29, 1.82) is 0 Å². The SMILES string of the molecule is C[C@](O)(c1ccccc1)[C@@H]1C=CC[C@H](c2ccccc2)C1. The first-order valence-electron chi connectivity index (χ1n) is 7.67. The maximum Gasteiger partial charge on any atom is 0.0931 e. The van der Waals surface area contributed by atoms with Gasteiger partial charge in [-0.15, -0.1) is 0 Å². The van der Waals surface area contributed by atoms with Crippen LogP contribution in [-0.2, 0) is 5.60 Å². The monoisotopic (exact) mass is 278 g/mol. The largest absolute Gasteiger partial charge is 0.385 e. The molecular weight excluding hydrogens is 256 g/mol. The van der Waals surface area contributed by atoms with Crippen LogP contribution in [0.25, 0.3) is 0 Å². The molecule has 21 heavy (non-hydrogen) atoms. The molecule has 0 radical (unpaired) electrons. The van der Waals surface area contributed by atoms with Crippen LogP contribution in [0.4, 0.5) is 0 Å². The highest BCUT2D eigenvalue weighted by Crippen LogP contribution is 2.41. The van der Waals surface area contributed by atoms with Crippen LogP contribution in [0.1, 0.15) is 36.8 Å². The third-order valence-electron chi connectivity index (χ3n) is 4.68. The third-order valence-corrected chi connectivity index (χ3v) is 4.68. The van der Waals surface area contributed by atoms with Crippen LogP contribution in [0.5, 0.6) is 0 Å². The number of hydrogen-bond acceptors (Lipinski definition) is 1. The Morgan fingerprint density at radius 3 is 2.24 bits per heavy atom. The fraction of sp³-hybridized carbons (Fsp3) is 0.300. The van der Waals surface area contributed by atoms with Crippen molar-refractivity contribution in [3.8, 4) is 0 Å². The molecule has 0 unspecified atom stereocenters. The molecule has 2 aromatic rings. The predicted molar refractivity (Wildman–Crippen MR) is 87.1 cm³/mol. The Balaban J connectivity index is 1.83. The van der Waals surface area contributed by atoms with Crippen molar-refractivity contribution < 1.29 is 5.11 Å². The number of aliphatic hydroxyl groups is 1. The van der Waals surface area contributed by atoms with Gasteiger partial charge in [-0.1, -0.05) is 72.8 Å². The lowest BCUT2D eigenvalue weighted by Crippen LogP contribution is -2.33. The summed E-state index contributed by atoms with van der Waals surface area (Å²) < 4.78 is 0. The molecule has 0 amide bonds. The van der Waals surface area contributed by atoms with Gasteiger partial charge >= 0.3 is 0 Å². The zero-order valence-electron chi connectivity index (χ0n) is 12.4. The van der Waals surface area contributed by atoms with Crippen LogP contribution >= 0.6 is 0 Å². The highest BCUT2D eigenvalue weighted by molar-refractivity contribution is 5.27. The number of rotatable bonds is 3. The molecule has 0 saturated heterocycles. The molecule has 1 aliphatic rings. The topological polar surface area (TPSA) is 20.2 Å². The van der Waals surface area contributed by atoms with Crippen molar-refractivity contribution in [2.24, 2.45) is 5.92 Å². The van der Waals surface area contributed by atoms with Crippen molar-refractivity contribution in [2.45, 2.75) is 31.3 Å². The second-order valence-electron chi connectivity index (χ2n) is 6.13. The average Bonchev–Trinajstić information content (AvgIpc) is 2.57. The van der Waals surface area contributed by atoms with Crippen LogP contribution < -0.4 is 0 Å². The molecule has 0 aromatic heterocycles. The van der Waals surface area contributed by atoms with E-state index in [-0.39, 0.29) is 5.92 Å². The summed E-state index contributed by atoms with van der Waals surface area (Å²) in [7, 11) is 0. The molecule has 108 valence electrons. The normalized spacial score (nSPS) is 24.5. The number of hydrogen-bond donors (Lipinski definition) is 1. The van der Waals surface area contributed by atoms with E-state index in [0.29, 0.717) is 5.92 Å². The second-order valence-corrected chi connectivity index (χ2v) is 6.13. The fourth-order valence-electron chi connectivity index (χ4n) is 3.29. The van der Waals surface area contributed by atoms with Crippen LogP contribution in [-0.4, -0.2) is 5.11 Å². The lowest BCUT2D eigenvalue weighted by molar-refractivity contribution is 0.00573. The van der Waals surface area contributed by atoms with E-state index < -0.39 is 5.60 Å². The van der Waals surface area contributed by atoms with E-state index in [1.165, 1.54) is 5.56 Å². The first-order valence-corrected chi connectivity index (χ1v) is 7.67. The van der Waals surface area contributed by atoms with E-state index >= 15 is 0 Å². The number of benzene rings is 2. The van der Waals surface area contributed by atoms with Gasteiger partial charge in [-0.2, -0.15) is 0 Å². The fourth-order valence-corrected chi connectivity index (χ4v) is 3.29. The molecule has 2 aromatic carbocycles. The molecule has 0 spiro atoms. The van der Waals surface area contributed by atoms with Crippen molar-refractivity contribution in [2.75, 3.05) is 0 Å². The molecule has 3 atom stereocenters. The summed E-state index contributed by atoms with van der Waals surface area (Å²) in [6, 6.07) is 20.6. The van der Waals surface area contributed by atoms with Gasteiger partial charge in [0.1, 0.15) is 0 Å². The van der Waals surface area contributed by atoms with Gasteiger partial charge in [0.25, 0.3) is 0 Å². The standard InChI is InChI=1S/C20H22O/c1-20(21,18-12-6-3-7-13-18)19-14-8-11-17(15-19)16-9-4-2-5-10-16/h2-10,12-14,17,19,21H,11,15H2,1H3/t17-,19+,20-/m0/s1. The van der Waals surface area contributed by atoms with Gasteiger partial charge in [0.2, 0.25) is 0 Å². The maximum absolute atomic E-state index is 11.0. The second kappa shape index (κ2) is 5.87. The molecule has 0 heterocycles. The summed E-state index contributed by atoms with van der Waals surface area (Å²) >= 11 is 0. The molecular formula is C20H22O. The summed E-state index contributed by atoms with van der Waals surface area (Å²) in [4.78, 5) is 0. The summed E-state index contributed by atoms with van der Waals surface area (Å²) in [6.45, 7) is 1.94. The molecule has 0 saturated carbocycles. The van der Waals surface area contributed by atoms with Crippen LogP contribution in [0, 0.1) is 5.92 Å². The average molecular weight is 278 g/mol. The quantitative estimate of drug-likeness (QED) is 0.811. The van der Waals surface area contributed by atoms with Crippen LogP contribution in [0.15, 0.2) is 72.8 Å². The Bertz CT molecular complexity index is 598. The first kappa shape index (κ1) is 14.1. The van der Waals surface area contributed by atoms with E-state index in [1.807, 2.05) is 37.3 Å². The lowest BCUT2D eigenvalue weighted by Gasteiger charge is -2.36. The van der Waals surface area contributed by atoms with Crippen molar-refractivity contribution >= 4 is 0 Å². The van der Waals surface area contributed by atoms with Crippen LogP contribution in [0.2, 0.25) is 0 Å². The Hall–Kier alpha value is -1.86. The zero-order chi connectivity index (χ0) is 14.7. The molecule has 0 bridgehead atoms. The van der Waals surface area contributed by atoms with Crippen molar-refractivity contribution in [1.82, 2.24) is 0 Å². The molecule has 1 heteroatoms. The zero-order valence-corrected chi connectivity index (χ0v) is 12.4. The van der Waals surface area contributed by atoms with Gasteiger partial charge in [-0.25, -0.2) is 0 Å². The Morgan fingerprint density at radius 1 is 0.952 bits per heavy atom. The third kappa shape index (κ3) is 2.93. The van der Waals surface area contributed by atoms with E-state index in [9.17, 15) is 5.11 Å². The summed E-state index contributed by atoms with van der Waals surface area (Å²) in [6.07, 6.45) is 6.46. The minimum Gasteiger partial charge on any atom is -0.385 e. The van der Waals surface area contributed by atoms with E-state index in [0.717, 1.165) is 18.4 Å². The summed E-state index contributed by atoms with van der Waals surface area (Å²) in [5.74, 6) is 0.648. The van der Waals surface area contributed by atoms with Gasteiger partial charge in [0.05, 0.1) is 5.60 Å². The van der Waals surface area contributed by atoms with Gasteiger partial charge < -0.3 is 5.11 Å². The van der Waals surface area contributed by atoms with Gasteiger partial charge in [-0.05, 0) is 36.8 Å². The lowest BCUT2D eigenvalue weighted by atomic mass is 9.73. The van der Waals surface area contributed by atoms with Gasteiger partial charge in [0.15, 0.2) is 0 Å². The molecule has 0 fully saturated rings. The highest BCUT2D eigenvalue weighted by Gasteiger charge is 2.35. The maximum atomic E-state index is 11.0. The van der Waals surface area contributed by atoms with Gasteiger partial charge in [-0.3, -0.25) is 0 Å². The van der Waals surface area contributed by atoms with E-state index in [4.69, 9.17) is 0 Å². The molecule has 1 aliphatic carbocycles. The summed E-state index contributed by atoms with van der Waals surface area (Å²) in [5, 5.41) is 11.0. The van der Waals surface area contributed by atoms with Crippen molar-refractivity contribution in [3.63, 3.8) is 0 Å². The molecule has 0 aliphatic heterocycles. The molecule has 1 N–H and O–H groups in total. The van der Waals surface area contributed by atoms with Gasteiger partial charge in [0, 0.05) is 5.92 Å². The highest BCUT2D eigenvalue weighted by atomic mass is 16.3. The Morgan fingerprint density at radius 2 is 1.57 bits per heavy atom. The Kier molecular flexibility index (Phi) is 3.94. The van der Waals surface area contributed by atoms with Crippen molar-refractivity contribution in [3.05, 3.63) is 83.9 Å².